The topological polar surface area (TPSA) is 84.5 Å². The molecular weight excluding hydrogens is 382 g/mol. The lowest BCUT2D eigenvalue weighted by molar-refractivity contribution is 0.594. The molecule has 0 aliphatic rings. The number of sulfonamides is 1. The maximum atomic E-state index is 11.9. The second-order valence-corrected chi connectivity index (χ2v) is 7.48. The van der Waals surface area contributed by atoms with Gasteiger partial charge in [0.2, 0.25) is 5.96 Å². The first kappa shape index (κ1) is 13.9. The number of guanidine groups is 1. The number of hydrogen-bond donors (Lipinski definition) is 2. The van der Waals surface area contributed by atoms with Gasteiger partial charge in [-0.25, -0.2) is 13.1 Å². The van der Waals surface area contributed by atoms with Gasteiger partial charge in [-0.2, -0.15) is 0 Å². The molecule has 1 aromatic rings. The van der Waals surface area contributed by atoms with Crippen LogP contribution in [0.5, 0.6) is 0 Å². The highest BCUT2D eigenvalue weighted by Crippen LogP contribution is 2.39. The molecule has 9 heteroatoms. The molecule has 1 rings (SSSR count). The second kappa shape index (κ2) is 5.03. The number of aliphatic imine (C=N–C) groups is 1. The van der Waals surface area contributed by atoms with Gasteiger partial charge in [0.1, 0.15) is 0 Å². The third-order valence-electron chi connectivity index (χ3n) is 1.65. The summed E-state index contributed by atoms with van der Waals surface area (Å²) in [5.41, 5.74) is 5.33. The van der Waals surface area contributed by atoms with Crippen LogP contribution in [0.3, 0.4) is 0 Å². The van der Waals surface area contributed by atoms with E-state index in [9.17, 15) is 8.42 Å². The zero-order valence-corrected chi connectivity index (χ0v) is 13.2. The van der Waals surface area contributed by atoms with E-state index >= 15 is 0 Å². The predicted molar refractivity (Wildman–Crippen MR) is 72.3 cm³/mol. The van der Waals surface area contributed by atoms with Crippen molar-refractivity contribution in [3.8, 4) is 0 Å². The molecule has 90 valence electrons. The summed E-state index contributed by atoms with van der Waals surface area (Å²) in [4.78, 5) is 4.40. The molecule has 0 fully saturated rings. The molecule has 0 bridgehead atoms. The maximum absolute atomic E-state index is 11.9. The van der Waals surface area contributed by atoms with E-state index < -0.39 is 10.0 Å². The van der Waals surface area contributed by atoms with E-state index in [1.54, 1.807) is 0 Å². The van der Waals surface area contributed by atoms with E-state index in [0.717, 1.165) is 20.7 Å². The van der Waals surface area contributed by atoms with Crippen LogP contribution in [0.15, 0.2) is 18.1 Å². The number of hydrogen-bond acceptors (Lipinski definition) is 4. The summed E-state index contributed by atoms with van der Waals surface area (Å²) >= 11 is 7.64. The zero-order chi connectivity index (χ0) is 12.5. The Bertz CT molecular complexity index is 536. The highest BCUT2D eigenvalue weighted by molar-refractivity contribution is 9.13. The van der Waals surface area contributed by atoms with Crippen LogP contribution in [-0.2, 0) is 10.0 Å². The third-order valence-corrected chi connectivity index (χ3v) is 7.73. The van der Waals surface area contributed by atoms with E-state index in [1.165, 1.54) is 7.05 Å². The summed E-state index contributed by atoms with van der Waals surface area (Å²) in [5.74, 6) is -0.144. The van der Waals surface area contributed by atoms with Gasteiger partial charge >= 0.3 is 0 Å². The molecule has 0 spiro atoms. The van der Waals surface area contributed by atoms with Crippen LogP contribution in [0.25, 0.3) is 0 Å². The Morgan fingerprint density at radius 3 is 2.38 bits per heavy atom. The van der Waals surface area contributed by atoms with Crippen molar-refractivity contribution in [3.63, 3.8) is 0 Å². The van der Waals surface area contributed by atoms with Gasteiger partial charge in [0.25, 0.3) is 10.0 Å². The Morgan fingerprint density at radius 2 is 2.00 bits per heavy atom. The van der Waals surface area contributed by atoms with Crippen LogP contribution < -0.4 is 10.5 Å². The van der Waals surface area contributed by atoms with Crippen molar-refractivity contribution in [2.24, 2.45) is 10.7 Å². The summed E-state index contributed by atoms with van der Waals surface area (Å²) in [6, 6.07) is 0. The standard InChI is InChI=1S/C7H9Br2N3O2S2/c1-3-4(8)5(9)6(15-3)16(13,14)12-7(10)11-2/h1-2H3,(H3,10,11,12). The minimum Gasteiger partial charge on any atom is -0.369 e. The summed E-state index contributed by atoms with van der Waals surface area (Å²) in [6.07, 6.45) is 0. The zero-order valence-electron chi connectivity index (χ0n) is 8.41. The SMILES string of the molecule is CN=C(N)NS(=O)(=O)c1sc(C)c(Br)c1Br. The minimum absolute atomic E-state index is 0.144. The van der Waals surface area contributed by atoms with Crippen molar-refractivity contribution in [3.05, 3.63) is 13.8 Å². The third kappa shape index (κ3) is 2.76. The second-order valence-electron chi connectivity index (χ2n) is 2.79. The van der Waals surface area contributed by atoms with E-state index in [4.69, 9.17) is 5.73 Å². The van der Waals surface area contributed by atoms with Crippen molar-refractivity contribution in [1.82, 2.24) is 4.72 Å². The molecule has 3 N–H and O–H groups in total. The average molecular weight is 391 g/mol. The first-order chi connectivity index (χ1) is 7.29. The molecule has 0 saturated heterocycles. The summed E-state index contributed by atoms with van der Waals surface area (Å²) in [7, 11) is -2.26. The van der Waals surface area contributed by atoms with E-state index in [-0.39, 0.29) is 10.2 Å². The first-order valence-corrected chi connectivity index (χ1v) is 7.87. The molecule has 0 aromatic carbocycles. The van der Waals surface area contributed by atoms with Crippen molar-refractivity contribution >= 4 is 59.2 Å². The van der Waals surface area contributed by atoms with Crippen LogP contribution >= 0.6 is 43.2 Å². The monoisotopic (exact) mass is 389 g/mol. The lowest BCUT2D eigenvalue weighted by atomic mass is 10.5. The molecule has 1 heterocycles. The number of nitrogens with zero attached hydrogens (tertiary/aromatic N) is 1. The number of nitrogens with one attached hydrogen (secondary N) is 1. The maximum Gasteiger partial charge on any atom is 0.274 e. The molecule has 1 aromatic heterocycles. The fraction of sp³-hybridized carbons (Fsp3) is 0.286. The molecule has 0 unspecified atom stereocenters. The first-order valence-electron chi connectivity index (χ1n) is 3.99. The molecule has 0 amide bonds. The quantitative estimate of drug-likeness (QED) is 0.596. The summed E-state index contributed by atoms with van der Waals surface area (Å²) in [6.45, 7) is 1.82. The van der Waals surface area contributed by atoms with Crippen molar-refractivity contribution in [2.75, 3.05) is 7.05 Å². The van der Waals surface area contributed by atoms with Gasteiger partial charge in [-0.05, 0) is 38.8 Å². The molecule has 0 radical (unpaired) electrons. The van der Waals surface area contributed by atoms with Gasteiger partial charge in [-0.3, -0.25) is 4.99 Å². The van der Waals surface area contributed by atoms with Gasteiger partial charge < -0.3 is 5.73 Å². The Morgan fingerprint density at radius 1 is 1.44 bits per heavy atom. The lowest BCUT2D eigenvalue weighted by Gasteiger charge is -2.04. The van der Waals surface area contributed by atoms with E-state index in [1.807, 2.05) is 6.92 Å². The molecule has 0 aliphatic heterocycles. The summed E-state index contributed by atoms with van der Waals surface area (Å²) < 4.78 is 27.3. The van der Waals surface area contributed by atoms with Crippen molar-refractivity contribution < 1.29 is 8.42 Å². The fourth-order valence-corrected chi connectivity index (χ4v) is 5.29. The largest absolute Gasteiger partial charge is 0.369 e. The number of rotatable bonds is 2. The van der Waals surface area contributed by atoms with Gasteiger partial charge in [-0.15, -0.1) is 11.3 Å². The number of halogens is 2. The molecule has 0 atom stereocenters. The lowest BCUT2D eigenvalue weighted by Crippen LogP contribution is -2.36. The van der Waals surface area contributed by atoms with Crippen LogP contribution in [0.4, 0.5) is 0 Å². The molecular formula is C7H9Br2N3O2S2. The molecule has 5 nitrogen and oxygen atoms in total. The summed E-state index contributed by atoms with van der Waals surface area (Å²) in [5, 5.41) is 0. The molecule has 0 saturated carbocycles. The molecule has 16 heavy (non-hydrogen) atoms. The normalized spacial score (nSPS) is 12.9. The van der Waals surface area contributed by atoms with E-state index in [2.05, 4.69) is 41.6 Å². The van der Waals surface area contributed by atoms with Crippen LogP contribution in [0.1, 0.15) is 4.88 Å². The van der Waals surface area contributed by atoms with E-state index in [0.29, 0.717) is 4.47 Å². The number of thiophene rings is 1. The van der Waals surface area contributed by atoms with Gasteiger partial charge in [0.15, 0.2) is 4.21 Å². The highest BCUT2D eigenvalue weighted by atomic mass is 79.9. The van der Waals surface area contributed by atoms with Crippen molar-refractivity contribution in [1.29, 1.82) is 0 Å². The smallest absolute Gasteiger partial charge is 0.274 e. The average Bonchev–Trinajstić information content (AvgIpc) is 2.45. The van der Waals surface area contributed by atoms with Gasteiger partial charge in [0, 0.05) is 16.4 Å². The Balaban J connectivity index is 3.23. The minimum atomic E-state index is -3.67. The Hall–Kier alpha value is -0.120. The van der Waals surface area contributed by atoms with Crippen molar-refractivity contribution in [2.45, 2.75) is 11.1 Å². The Labute approximate surface area is 114 Å². The van der Waals surface area contributed by atoms with Gasteiger partial charge in [0.05, 0.1) is 4.47 Å². The number of nitrogens with two attached hydrogens (primary N) is 1. The van der Waals surface area contributed by atoms with Crippen LogP contribution in [-0.4, -0.2) is 21.4 Å². The van der Waals surface area contributed by atoms with Crippen LogP contribution in [0.2, 0.25) is 0 Å². The highest BCUT2D eigenvalue weighted by Gasteiger charge is 2.24. The van der Waals surface area contributed by atoms with Crippen LogP contribution in [0, 0.1) is 6.92 Å². The molecule has 0 aliphatic carbocycles. The number of aryl methyl sites for hydroxylation is 1. The fourth-order valence-electron chi connectivity index (χ4n) is 0.875. The van der Waals surface area contributed by atoms with Gasteiger partial charge in [-0.1, -0.05) is 0 Å². The Kier molecular flexibility index (Phi) is 4.38. The predicted octanol–water partition coefficient (Wildman–Crippen LogP) is 1.80.